The SMILES string of the molecule is CCCC1CCC(C(=O)O)C(N(CC2CC2)C(C)C)C1. The van der Waals surface area contributed by atoms with Gasteiger partial charge in [-0.1, -0.05) is 19.8 Å². The van der Waals surface area contributed by atoms with Crippen LogP contribution in [0.5, 0.6) is 0 Å². The molecule has 2 rings (SSSR count). The molecule has 2 fully saturated rings. The molecule has 0 radical (unpaired) electrons. The Kier molecular flexibility index (Phi) is 5.48. The second kappa shape index (κ2) is 6.93. The second-order valence-electron chi connectivity index (χ2n) is 7.21. The third kappa shape index (κ3) is 3.97. The van der Waals surface area contributed by atoms with Crippen LogP contribution in [-0.2, 0) is 4.79 Å². The van der Waals surface area contributed by atoms with E-state index in [1.165, 1.54) is 25.7 Å². The summed E-state index contributed by atoms with van der Waals surface area (Å²) >= 11 is 0. The zero-order chi connectivity index (χ0) is 14.7. The summed E-state index contributed by atoms with van der Waals surface area (Å²) in [5.41, 5.74) is 0. The molecule has 0 saturated heterocycles. The Morgan fingerprint density at radius 1 is 1.20 bits per heavy atom. The summed E-state index contributed by atoms with van der Waals surface area (Å²) in [5.74, 6) is 0.843. The lowest BCUT2D eigenvalue weighted by Gasteiger charge is -2.43. The maximum atomic E-state index is 11.6. The minimum absolute atomic E-state index is 0.149. The molecule has 2 aliphatic rings. The summed E-state index contributed by atoms with van der Waals surface area (Å²) in [6, 6.07) is 0.723. The van der Waals surface area contributed by atoms with E-state index in [0.717, 1.165) is 37.6 Å². The summed E-state index contributed by atoms with van der Waals surface area (Å²) in [5, 5.41) is 9.58. The van der Waals surface area contributed by atoms with E-state index in [0.29, 0.717) is 6.04 Å². The van der Waals surface area contributed by atoms with Gasteiger partial charge in [-0.05, 0) is 57.8 Å². The highest BCUT2D eigenvalue weighted by Gasteiger charge is 2.40. The van der Waals surface area contributed by atoms with E-state index >= 15 is 0 Å². The van der Waals surface area contributed by atoms with Crippen LogP contribution in [-0.4, -0.2) is 34.6 Å². The highest BCUT2D eigenvalue weighted by atomic mass is 16.4. The van der Waals surface area contributed by atoms with E-state index in [2.05, 4.69) is 25.7 Å². The van der Waals surface area contributed by atoms with Crippen LogP contribution in [0.25, 0.3) is 0 Å². The largest absolute Gasteiger partial charge is 0.481 e. The Morgan fingerprint density at radius 2 is 1.85 bits per heavy atom. The molecule has 3 unspecified atom stereocenters. The smallest absolute Gasteiger partial charge is 0.308 e. The van der Waals surface area contributed by atoms with Crippen molar-refractivity contribution in [1.29, 1.82) is 0 Å². The van der Waals surface area contributed by atoms with E-state index in [-0.39, 0.29) is 12.0 Å². The predicted octanol–water partition coefficient (Wildman–Crippen LogP) is 3.78. The van der Waals surface area contributed by atoms with Gasteiger partial charge < -0.3 is 5.11 Å². The number of hydrogen-bond acceptors (Lipinski definition) is 2. The summed E-state index contributed by atoms with van der Waals surface area (Å²) in [4.78, 5) is 14.1. The quantitative estimate of drug-likeness (QED) is 0.772. The first kappa shape index (κ1) is 15.8. The van der Waals surface area contributed by atoms with Gasteiger partial charge in [-0.2, -0.15) is 0 Å². The average Bonchev–Trinajstić information content (AvgIpc) is 3.19. The van der Waals surface area contributed by atoms with Gasteiger partial charge in [0.2, 0.25) is 0 Å². The standard InChI is InChI=1S/C17H31NO2/c1-4-5-13-8-9-15(17(19)20)16(10-13)18(12(2)3)11-14-6-7-14/h12-16H,4-11H2,1-3H3,(H,19,20). The van der Waals surface area contributed by atoms with Crippen molar-refractivity contribution < 1.29 is 9.90 Å². The van der Waals surface area contributed by atoms with Gasteiger partial charge in [0.1, 0.15) is 0 Å². The fraction of sp³-hybridized carbons (Fsp3) is 0.941. The first-order valence-corrected chi connectivity index (χ1v) is 8.51. The molecule has 2 aliphatic carbocycles. The molecule has 2 saturated carbocycles. The molecule has 3 atom stereocenters. The minimum Gasteiger partial charge on any atom is -0.481 e. The van der Waals surface area contributed by atoms with Crippen molar-refractivity contribution in [3.8, 4) is 0 Å². The van der Waals surface area contributed by atoms with E-state index in [9.17, 15) is 9.90 Å². The van der Waals surface area contributed by atoms with Crippen LogP contribution < -0.4 is 0 Å². The van der Waals surface area contributed by atoms with Crippen LogP contribution in [0, 0.1) is 17.8 Å². The summed E-state index contributed by atoms with van der Waals surface area (Å²) in [6.07, 6.45) is 8.24. The van der Waals surface area contributed by atoms with Gasteiger partial charge in [-0.25, -0.2) is 0 Å². The van der Waals surface area contributed by atoms with Gasteiger partial charge in [0, 0.05) is 18.6 Å². The third-order valence-electron chi connectivity index (χ3n) is 5.19. The van der Waals surface area contributed by atoms with Crippen LogP contribution >= 0.6 is 0 Å². The number of hydrogen-bond donors (Lipinski definition) is 1. The van der Waals surface area contributed by atoms with Crippen molar-refractivity contribution in [2.75, 3.05) is 6.54 Å². The number of nitrogens with zero attached hydrogens (tertiary/aromatic N) is 1. The maximum Gasteiger partial charge on any atom is 0.308 e. The molecule has 1 N–H and O–H groups in total. The highest BCUT2D eigenvalue weighted by Crippen LogP contribution is 2.38. The fourth-order valence-corrected chi connectivity index (χ4v) is 3.88. The number of carboxylic acid groups (broad SMARTS) is 1. The molecular formula is C17H31NO2. The maximum absolute atomic E-state index is 11.6. The molecule has 3 nitrogen and oxygen atoms in total. The van der Waals surface area contributed by atoms with E-state index < -0.39 is 5.97 Å². The van der Waals surface area contributed by atoms with Crippen LogP contribution in [0.3, 0.4) is 0 Å². The Bertz CT molecular complexity index is 325. The first-order chi connectivity index (χ1) is 9.52. The lowest BCUT2D eigenvalue weighted by Crippen LogP contribution is -2.50. The average molecular weight is 281 g/mol. The number of carbonyl (C=O) groups is 1. The zero-order valence-electron chi connectivity index (χ0n) is 13.3. The van der Waals surface area contributed by atoms with Gasteiger partial charge >= 0.3 is 5.97 Å². The van der Waals surface area contributed by atoms with Crippen molar-refractivity contribution in [3.63, 3.8) is 0 Å². The predicted molar refractivity (Wildman–Crippen MR) is 81.7 cm³/mol. The van der Waals surface area contributed by atoms with E-state index in [1.807, 2.05) is 0 Å². The Hall–Kier alpha value is -0.570. The molecule has 0 aromatic carbocycles. The fourth-order valence-electron chi connectivity index (χ4n) is 3.88. The molecule has 116 valence electrons. The molecule has 0 heterocycles. The topological polar surface area (TPSA) is 40.5 Å². The molecule has 0 bridgehead atoms. The first-order valence-electron chi connectivity index (χ1n) is 8.51. The molecule has 20 heavy (non-hydrogen) atoms. The lowest BCUT2D eigenvalue weighted by atomic mass is 9.75. The van der Waals surface area contributed by atoms with Gasteiger partial charge in [0.25, 0.3) is 0 Å². The van der Waals surface area contributed by atoms with Gasteiger partial charge in [0.05, 0.1) is 5.92 Å². The van der Waals surface area contributed by atoms with Crippen LogP contribution in [0.15, 0.2) is 0 Å². The third-order valence-corrected chi connectivity index (χ3v) is 5.19. The summed E-state index contributed by atoms with van der Waals surface area (Å²) < 4.78 is 0. The monoisotopic (exact) mass is 281 g/mol. The van der Waals surface area contributed by atoms with Crippen LogP contribution in [0.1, 0.15) is 65.7 Å². The van der Waals surface area contributed by atoms with E-state index in [1.54, 1.807) is 0 Å². The lowest BCUT2D eigenvalue weighted by molar-refractivity contribution is -0.146. The molecule has 0 amide bonds. The Balaban J connectivity index is 2.08. The molecule has 0 aromatic rings. The van der Waals surface area contributed by atoms with Crippen LogP contribution in [0.4, 0.5) is 0 Å². The van der Waals surface area contributed by atoms with Crippen LogP contribution in [0.2, 0.25) is 0 Å². The highest BCUT2D eigenvalue weighted by molar-refractivity contribution is 5.71. The molecule has 0 aliphatic heterocycles. The number of aliphatic carboxylic acids is 1. The summed E-state index contributed by atoms with van der Waals surface area (Å²) in [7, 11) is 0. The van der Waals surface area contributed by atoms with Crippen molar-refractivity contribution in [2.24, 2.45) is 17.8 Å². The van der Waals surface area contributed by atoms with Crippen molar-refractivity contribution in [3.05, 3.63) is 0 Å². The zero-order valence-corrected chi connectivity index (χ0v) is 13.3. The minimum atomic E-state index is -0.577. The molecule has 3 heteroatoms. The van der Waals surface area contributed by atoms with Crippen molar-refractivity contribution in [1.82, 2.24) is 4.90 Å². The van der Waals surface area contributed by atoms with Gasteiger partial charge in [-0.15, -0.1) is 0 Å². The molecular weight excluding hydrogens is 250 g/mol. The normalized spacial score (nSPS) is 30.9. The Morgan fingerprint density at radius 3 is 2.35 bits per heavy atom. The number of carboxylic acids is 1. The van der Waals surface area contributed by atoms with Gasteiger partial charge in [0.15, 0.2) is 0 Å². The number of rotatable bonds is 7. The van der Waals surface area contributed by atoms with Gasteiger partial charge in [-0.3, -0.25) is 9.69 Å². The Labute approximate surface area is 123 Å². The second-order valence-corrected chi connectivity index (χ2v) is 7.21. The van der Waals surface area contributed by atoms with E-state index in [4.69, 9.17) is 0 Å². The van der Waals surface area contributed by atoms with Crippen molar-refractivity contribution in [2.45, 2.75) is 77.8 Å². The van der Waals surface area contributed by atoms with Crippen molar-refractivity contribution >= 4 is 5.97 Å². The molecule has 0 spiro atoms. The molecule has 0 aromatic heterocycles. The summed E-state index contributed by atoms with van der Waals surface area (Å²) in [6.45, 7) is 7.81.